The monoisotopic (exact) mass is 519 g/mol. The molecule has 1 N–H and O–H groups in total. The van der Waals surface area contributed by atoms with E-state index in [4.69, 9.17) is 0 Å². The quantitative estimate of drug-likeness (QED) is 0.351. The molecule has 37 heavy (non-hydrogen) atoms. The molecule has 1 saturated heterocycles. The summed E-state index contributed by atoms with van der Waals surface area (Å²) < 4.78 is 15.3. The molecule has 1 aliphatic heterocycles. The van der Waals surface area contributed by atoms with E-state index in [0.717, 1.165) is 30.5 Å². The molecule has 1 atom stereocenters. The fraction of sp³-hybridized carbons (Fsp3) is 0.387. The van der Waals surface area contributed by atoms with E-state index in [1.165, 1.54) is 55.7 Å². The molecule has 6 heteroatoms. The second kappa shape index (κ2) is 14.8. The lowest BCUT2D eigenvalue weighted by molar-refractivity contribution is 0.112. The van der Waals surface area contributed by atoms with Crippen LogP contribution in [0.15, 0.2) is 71.6 Å². The molecular weight excluding hydrogens is 478 g/mol. The number of unbranched alkanes of at least 4 members (excludes halogenated alkanes) is 1. The van der Waals surface area contributed by atoms with Crippen molar-refractivity contribution < 1.29 is 9.00 Å². The maximum atomic E-state index is 12.3. The normalized spacial score (nSPS) is 14.9. The number of aldehydes is 1. The number of hydrogen-bond acceptors (Lipinski definition) is 4. The first kappa shape index (κ1) is 28.8. The van der Waals surface area contributed by atoms with Crippen LogP contribution in [-0.2, 0) is 24.0 Å². The van der Waals surface area contributed by atoms with Crippen molar-refractivity contribution in [3.05, 3.63) is 94.5 Å². The van der Waals surface area contributed by atoms with Crippen LogP contribution in [0.2, 0.25) is 0 Å². The van der Waals surface area contributed by atoms with Crippen LogP contribution in [-0.4, -0.2) is 53.5 Å². The minimum Gasteiger partial charge on any atom is -0.304 e. The first-order valence-electron chi connectivity index (χ1n) is 13.2. The number of likely N-dealkylation sites (N-methyl/N-ethyl adjacent to an activating group) is 1. The zero-order chi connectivity index (χ0) is 26.6. The Morgan fingerprint density at radius 2 is 1.62 bits per heavy atom. The summed E-state index contributed by atoms with van der Waals surface area (Å²) in [6.45, 7) is 12.1. The molecule has 0 radical (unpaired) electrons. The fourth-order valence-electron chi connectivity index (χ4n) is 4.18. The SMILES string of the molecule is CCCCc1ccc(NS(=O)c2ccc(C)c(C=O)c2)cc1.Cc1ccccc1CN1CCN(C)CC1. The van der Waals surface area contributed by atoms with Gasteiger partial charge in [0.2, 0.25) is 0 Å². The smallest absolute Gasteiger partial charge is 0.150 e. The van der Waals surface area contributed by atoms with Gasteiger partial charge in [-0.15, -0.1) is 0 Å². The average Bonchev–Trinajstić information content (AvgIpc) is 2.91. The van der Waals surface area contributed by atoms with Gasteiger partial charge in [-0.2, -0.15) is 0 Å². The van der Waals surface area contributed by atoms with Crippen molar-refractivity contribution in [3.63, 3.8) is 0 Å². The summed E-state index contributed by atoms with van der Waals surface area (Å²) in [6.07, 6.45) is 4.21. The Morgan fingerprint density at radius 1 is 0.919 bits per heavy atom. The highest BCUT2D eigenvalue weighted by Crippen LogP contribution is 2.17. The highest BCUT2D eigenvalue weighted by Gasteiger charge is 2.14. The molecule has 0 amide bonds. The van der Waals surface area contributed by atoms with E-state index in [0.29, 0.717) is 10.5 Å². The van der Waals surface area contributed by atoms with Crippen LogP contribution in [0.5, 0.6) is 0 Å². The summed E-state index contributed by atoms with van der Waals surface area (Å²) in [7, 11) is 0.824. The topological polar surface area (TPSA) is 52.7 Å². The van der Waals surface area contributed by atoms with E-state index in [-0.39, 0.29) is 0 Å². The van der Waals surface area contributed by atoms with Gasteiger partial charge in [-0.25, -0.2) is 4.21 Å². The molecule has 4 rings (SSSR count). The third kappa shape index (κ3) is 9.22. The van der Waals surface area contributed by atoms with Gasteiger partial charge in [-0.1, -0.05) is 55.8 Å². The van der Waals surface area contributed by atoms with E-state index in [1.54, 1.807) is 12.1 Å². The largest absolute Gasteiger partial charge is 0.304 e. The van der Waals surface area contributed by atoms with Gasteiger partial charge in [0.1, 0.15) is 17.3 Å². The molecule has 3 aromatic rings. The van der Waals surface area contributed by atoms with Crippen LogP contribution in [0, 0.1) is 13.8 Å². The summed E-state index contributed by atoms with van der Waals surface area (Å²) >= 11 is 0. The van der Waals surface area contributed by atoms with Crippen LogP contribution < -0.4 is 4.72 Å². The maximum Gasteiger partial charge on any atom is 0.150 e. The molecular formula is C31H41N3O2S. The van der Waals surface area contributed by atoms with E-state index in [9.17, 15) is 9.00 Å². The number of carbonyl (C=O) groups is 1. The molecule has 5 nitrogen and oxygen atoms in total. The number of nitrogens with zero attached hydrogens (tertiary/aromatic N) is 2. The second-order valence-corrected chi connectivity index (χ2v) is 11.0. The number of hydrogen-bond donors (Lipinski definition) is 1. The summed E-state index contributed by atoms with van der Waals surface area (Å²) in [5.41, 5.74) is 6.45. The van der Waals surface area contributed by atoms with Crippen LogP contribution >= 0.6 is 0 Å². The van der Waals surface area contributed by atoms with Crippen LogP contribution in [0.25, 0.3) is 0 Å². The van der Waals surface area contributed by atoms with Crippen molar-refractivity contribution in [2.75, 3.05) is 37.9 Å². The highest BCUT2D eigenvalue weighted by molar-refractivity contribution is 7.86. The maximum absolute atomic E-state index is 12.3. The van der Waals surface area contributed by atoms with Gasteiger partial charge >= 0.3 is 0 Å². The predicted octanol–water partition coefficient (Wildman–Crippen LogP) is 6.03. The van der Waals surface area contributed by atoms with Gasteiger partial charge in [0.05, 0.1) is 4.90 Å². The van der Waals surface area contributed by atoms with E-state index in [2.05, 4.69) is 71.8 Å². The molecule has 0 saturated carbocycles. The minimum atomic E-state index is -1.38. The van der Waals surface area contributed by atoms with Crippen LogP contribution in [0.4, 0.5) is 5.69 Å². The lowest BCUT2D eigenvalue weighted by Gasteiger charge is -2.32. The Bertz CT molecular complexity index is 1160. The van der Waals surface area contributed by atoms with Gasteiger partial charge < -0.3 is 9.62 Å². The molecule has 1 fully saturated rings. The van der Waals surface area contributed by atoms with Crippen LogP contribution in [0.3, 0.4) is 0 Å². The first-order chi connectivity index (χ1) is 17.9. The number of nitrogens with one attached hydrogen (secondary N) is 1. The van der Waals surface area contributed by atoms with Crippen molar-refractivity contribution in [1.82, 2.24) is 9.80 Å². The Kier molecular flexibility index (Phi) is 11.5. The lowest BCUT2D eigenvalue weighted by Crippen LogP contribution is -2.43. The van der Waals surface area contributed by atoms with Crippen molar-refractivity contribution in [2.45, 2.75) is 51.5 Å². The Labute approximate surface area is 225 Å². The summed E-state index contributed by atoms with van der Waals surface area (Å²) in [6, 6.07) is 22.0. The van der Waals surface area contributed by atoms with Gasteiger partial charge in [0, 0.05) is 44.0 Å². The van der Waals surface area contributed by atoms with Gasteiger partial charge in [0.15, 0.2) is 0 Å². The third-order valence-electron chi connectivity index (χ3n) is 6.83. The third-order valence-corrected chi connectivity index (χ3v) is 7.93. The Morgan fingerprint density at radius 3 is 2.27 bits per heavy atom. The highest BCUT2D eigenvalue weighted by atomic mass is 32.2. The van der Waals surface area contributed by atoms with Gasteiger partial charge in [-0.05, 0) is 80.3 Å². The molecule has 1 heterocycles. The Hall–Kier alpha value is -2.80. The van der Waals surface area contributed by atoms with Crippen LogP contribution in [0.1, 0.15) is 52.4 Å². The molecule has 0 bridgehead atoms. The molecule has 0 spiro atoms. The molecule has 1 unspecified atom stereocenters. The number of piperazine rings is 1. The van der Waals surface area contributed by atoms with E-state index >= 15 is 0 Å². The summed E-state index contributed by atoms with van der Waals surface area (Å²) in [5.74, 6) is 0. The summed E-state index contributed by atoms with van der Waals surface area (Å²) in [5, 5.41) is 0. The number of aryl methyl sites for hydroxylation is 3. The second-order valence-electron chi connectivity index (χ2n) is 9.81. The van der Waals surface area contributed by atoms with Crippen molar-refractivity contribution in [2.24, 2.45) is 0 Å². The number of anilines is 1. The number of benzene rings is 3. The zero-order valence-electron chi connectivity index (χ0n) is 22.7. The molecule has 198 valence electrons. The molecule has 0 aliphatic carbocycles. The van der Waals surface area contributed by atoms with Crippen molar-refractivity contribution >= 4 is 23.0 Å². The molecule has 3 aromatic carbocycles. The molecule has 1 aliphatic rings. The lowest BCUT2D eigenvalue weighted by atomic mass is 10.1. The summed E-state index contributed by atoms with van der Waals surface area (Å²) in [4.78, 5) is 16.5. The standard InChI is InChI=1S/C18H21NO2S.C13H20N2/c1-3-4-5-15-7-9-17(10-8-15)19-22(21)18-11-6-14(2)16(12-18)13-20;1-12-5-3-4-6-13(12)11-15-9-7-14(2)8-10-15/h6-13,19H,3-5H2,1-2H3;3-6H,7-11H2,1-2H3. The fourth-order valence-corrected chi connectivity index (χ4v) is 5.08. The van der Waals surface area contributed by atoms with E-state index < -0.39 is 11.0 Å². The zero-order valence-corrected chi connectivity index (χ0v) is 23.5. The number of rotatable bonds is 9. The van der Waals surface area contributed by atoms with Crippen molar-refractivity contribution in [3.8, 4) is 0 Å². The average molecular weight is 520 g/mol. The number of carbonyl (C=O) groups excluding carboxylic acids is 1. The minimum absolute atomic E-state index is 0.572. The predicted molar refractivity (Wildman–Crippen MR) is 156 cm³/mol. The van der Waals surface area contributed by atoms with Gasteiger partial charge in [-0.3, -0.25) is 9.69 Å². The van der Waals surface area contributed by atoms with Crippen molar-refractivity contribution in [1.29, 1.82) is 0 Å². The van der Waals surface area contributed by atoms with E-state index in [1.807, 2.05) is 25.1 Å². The van der Waals surface area contributed by atoms with Gasteiger partial charge in [0.25, 0.3) is 0 Å². The molecule has 0 aromatic heterocycles. The Balaban J connectivity index is 0.000000220. The first-order valence-corrected chi connectivity index (χ1v) is 14.3.